The van der Waals surface area contributed by atoms with Gasteiger partial charge < -0.3 is 9.57 Å². The van der Waals surface area contributed by atoms with E-state index < -0.39 is 23.7 Å². The van der Waals surface area contributed by atoms with Gasteiger partial charge in [-0.05, 0) is 55.1 Å². The Labute approximate surface area is 205 Å². The predicted octanol–water partition coefficient (Wildman–Crippen LogP) is 3.88. The van der Waals surface area contributed by atoms with Crippen LogP contribution in [0.4, 0.5) is 13.2 Å². The van der Waals surface area contributed by atoms with Gasteiger partial charge in [0, 0.05) is 19.2 Å². The van der Waals surface area contributed by atoms with E-state index in [9.17, 15) is 27.6 Å². The molecule has 10 heteroatoms. The van der Waals surface area contributed by atoms with Crippen molar-refractivity contribution < 1.29 is 37.1 Å². The van der Waals surface area contributed by atoms with Gasteiger partial charge in [0.15, 0.2) is 5.78 Å². The average molecular weight is 502 g/mol. The molecule has 0 saturated carbocycles. The lowest BCUT2D eigenvalue weighted by Crippen LogP contribution is -2.54. The number of rotatable bonds is 5. The fraction of sp³-hybridized carbons (Fsp3) is 0.346. The number of piperidine rings is 1. The number of carbonyl (C=O) groups excluding carboxylic acids is 3. The molecule has 0 radical (unpaired) electrons. The number of ether oxygens (including phenoxy) is 1. The number of hydroxylamine groups is 1. The van der Waals surface area contributed by atoms with Crippen LogP contribution in [-0.4, -0.2) is 54.0 Å². The van der Waals surface area contributed by atoms with Crippen molar-refractivity contribution in [2.75, 3.05) is 19.6 Å². The molecule has 0 aromatic heterocycles. The van der Waals surface area contributed by atoms with Gasteiger partial charge in [-0.25, -0.2) is 4.79 Å². The SMILES string of the molecule is O=C(/C=C/c1ccc2c(c1)C(=O)CC1(CCCN(CCc3ccccc3)C1)O2)NOC(=O)C(F)(F)F. The van der Waals surface area contributed by atoms with E-state index in [1.165, 1.54) is 17.1 Å². The van der Waals surface area contributed by atoms with Crippen LogP contribution in [0.1, 0.15) is 40.7 Å². The highest BCUT2D eigenvalue weighted by Crippen LogP contribution is 2.39. The normalized spacial score (nSPS) is 20.1. The second-order valence-corrected chi connectivity index (χ2v) is 8.94. The Morgan fingerprint density at radius 1 is 1.17 bits per heavy atom. The Balaban J connectivity index is 1.37. The molecule has 1 unspecified atom stereocenters. The lowest BCUT2D eigenvalue weighted by atomic mass is 9.83. The first-order valence-corrected chi connectivity index (χ1v) is 11.5. The molecular weight excluding hydrogens is 477 g/mol. The van der Waals surface area contributed by atoms with Crippen molar-refractivity contribution in [1.29, 1.82) is 0 Å². The standard InChI is InChI=1S/C26H25F3N2O5/c27-26(28,29)24(34)36-30-23(33)10-8-19-7-9-22-20(15-19)21(32)16-25(35-22)12-4-13-31(17-25)14-11-18-5-2-1-3-6-18/h1-3,5-10,15H,4,11-14,16-17H2,(H,30,33)/b10-8+. The molecule has 2 aliphatic heterocycles. The topological polar surface area (TPSA) is 84.9 Å². The second kappa shape index (κ2) is 10.5. The minimum atomic E-state index is -5.22. The molecule has 1 N–H and O–H groups in total. The maximum Gasteiger partial charge on any atom is 0.493 e. The number of hydrogen-bond acceptors (Lipinski definition) is 6. The van der Waals surface area contributed by atoms with Crippen molar-refractivity contribution in [2.45, 2.75) is 37.5 Å². The smallest absolute Gasteiger partial charge is 0.485 e. The molecule has 36 heavy (non-hydrogen) atoms. The molecule has 1 fully saturated rings. The van der Waals surface area contributed by atoms with Crippen LogP contribution < -0.4 is 10.2 Å². The van der Waals surface area contributed by atoms with Gasteiger partial charge in [0.1, 0.15) is 11.4 Å². The summed E-state index contributed by atoms with van der Waals surface area (Å²) >= 11 is 0. The zero-order valence-electron chi connectivity index (χ0n) is 19.3. The van der Waals surface area contributed by atoms with Crippen molar-refractivity contribution in [3.05, 3.63) is 71.3 Å². The van der Waals surface area contributed by atoms with Gasteiger partial charge in [-0.15, -0.1) is 0 Å². The largest absolute Gasteiger partial charge is 0.493 e. The molecule has 190 valence electrons. The Kier molecular flexibility index (Phi) is 7.44. The molecule has 7 nitrogen and oxygen atoms in total. The average Bonchev–Trinajstić information content (AvgIpc) is 2.85. The third-order valence-corrected chi connectivity index (χ3v) is 6.19. The summed E-state index contributed by atoms with van der Waals surface area (Å²) in [4.78, 5) is 41.3. The van der Waals surface area contributed by atoms with Gasteiger partial charge in [-0.3, -0.25) is 14.5 Å². The number of nitrogens with one attached hydrogen (secondary N) is 1. The number of carbonyl (C=O) groups is 3. The molecule has 2 aliphatic rings. The van der Waals surface area contributed by atoms with Crippen molar-refractivity contribution in [2.24, 2.45) is 0 Å². The highest BCUT2D eigenvalue weighted by atomic mass is 19.4. The zero-order valence-corrected chi connectivity index (χ0v) is 19.3. The van der Waals surface area contributed by atoms with Gasteiger partial charge in [-0.2, -0.15) is 18.7 Å². The Morgan fingerprint density at radius 3 is 2.69 bits per heavy atom. The van der Waals surface area contributed by atoms with Crippen molar-refractivity contribution in [3.8, 4) is 5.75 Å². The molecule has 2 heterocycles. The Morgan fingerprint density at radius 2 is 1.94 bits per heavy atom. The monoisotopic (exact) mass is 502 g/mol. The minimum absolute atomic E-state index is 0.0695. The molecule has 1 spiro atoms. The van der Waals surface area contributed by atoms with Crippen LogP contribution in [0.5, 0.6) is 5.75 Å². The fourth-order valence-corrected chi connectivity index (χ4v) is 4.52. The van der Waals surface area contributed by atoms with Crippen LogP contribution in [0.15, 0.2) is 54.6 Å². The molecular formula is C26H25F3N2O5. The summed E-state index contributed by atoms with van der Waals surface area (Å²) in [5.41, 5.74) is 2.93. The maximum absolute atomic E-state index is 13.0. The molecule has 1 saturated heterocycles. The summed E-state index contributed by atoms with van der Waals surface area (Å²) in [5.74, 6) is -3.20. The molecule has 0 bridgehead atoms. The van der Waals surface area contributed by atoms with Gasteiger partial charge in [0.25, 0.3) is 5.91 Å². The summed E-state index contributed by atoms with van der Waals surface area (Å²) in [6, 6.07) is 15.1. The van der Waals surface area contributed by atoms with E-state index >= 15 is 0 Å². The molecule has 0 aliphatic carbocycles. The number of hydrogen-bond donors (Lipinski definition) is 1. The number of benzene rings is 2. The summed E-state index contributed by atoms with van der Waals surface area (Å²) < 4.78 is 42.7. The molecule has 2 aromatic rings. The van der Waals surface area contributed by atoms with Crippen LogP contribution >= 0.6 is 0 Å². The quantitative estimate of drug-likeness (QED) is 0.494. The van der Waals surface area contributed by atoms with Gasteiger partial charge in [0.2, 0.25) is 0 Å². The highest BCUT2D eigenvalue weighted by Gasteiger charge is 2.44. The predicted molar refractivity (Wildman–Crippen MR) is 124 cm³/mol. The first-order chi connectivity index (χ1) is 17.1. The number of nitrogens with zero attached hydrogens (tertiary/aromatic N) is 1. The number of Topliss-reactive ketones (excluding diaryl/α,β-unsaturated/α-hetero) is 1. The zero-order chi connectivity index (χ0) is 25.8. The number of amides is 1. The summed E-state index contributed by atoms with van der Waals surface area (Å²) in [6.07, 6.45) is -0.175. The van der Waals surface area contributed by atoms with Crippen LogP contribution in [0.2, 0.25) is 0 Å². The lowest BCUT2D eigenvalue weighted by Gasteiger charge is -2.45. The summed E-state index contributed by atoms with van der Waals surface area (Å²) in [6.45, 7) is 2.48. The maximum atomic E-state index is 13.0. The lowest BCUT2D eigenvalue weighted by molar-refractivity contribution is -0.207. The van der Waals surface area contributed by atoms with E-state index in [1.54, 1.807) is 18.2 Å². The Hall–Kier alpha value is -3.66. The van der Waals surface area contributed by atoms with E-state index in [0.717, 1.165) is 38.4 Å². The molecule has 4 rings (SSSR count). The summed E-state index contributed by atoms with van der Waals surface area (Å²) in [5, 5.41) is 0. The van der Waals surface area contributed by atoms with Crippen molar-refractivity contribution >= 4 is 23.7 Å². The Bertz CT molecular complexity index is 1170. The van der Waals surface area contributed by atoms with E-state index in [-0.39, 0.29) is 12.2 Å². The second-order valence-electron chi connectivity index (χ2n) is 8.94. The minimum Gasteiger partial charge on any atom is -0.485 e. The first-order valence-electron chi connectivity index (χ1n) is 11.5. The van der Waals surface area contributed by atoms with Gasteiger partial charge in [-0.1, -0.05) is 36.4 Å². The van der Waals surface area contributed by atoms with Crippen LogP contribution in [0.25, 0.3) is 6.08 Å². The highest BCUT2D eigenvalue weighted by molar-refractivity contribution is 6.01. The van der Waals surface area contributed by atoms with Crippen LogP contribution in [0, 0.1) is 0 Å². The molecule has 1 atom stereocenters. The number of ketones is 1. The number of fused-ring (bicyclic) bond motifs is 1. The summed E-state index contributed by atoms with van der Waals surface area (Å²) in [7, 11) is 0. The number of alkyl halides is 3. The van der Waals surface area contributed by atoms with E-state index in [2.05, 4.69) is 21.9 Å². The number of halogens is 3. The van der Waals surface area contributed by atoms with Crippen molar-refractivity contribution in [3.63, 3.8) is 0 Å². The van der Waals surface area contributed by atoms with E-state index in [1.807, 2.05) is 18.2 Å². The van der Waals surface area contributed by atoms with Crippen molar-refractivity contribution in [1.82, 2.24) is 10.4 Å². The van der Waals surface area contributed by atoms with Crippen LogP contribution in [-0.2, 0) is 20.8 Å². The van der Waals surface area contributed by atoms with Crippen LogP contribution in [0.3, 0.4) is 0 Å². The molecule has 1 amide bonds. The fourth-order valence-electron chi connectivity index (χ4n) is 4.52. The third-order valence-electron chi connectivity index (χ3n) is 6.19. The molecule has 2 aromatic carbocycles. The van der Waals surface area contributed by atoms with E-state index in [4.69, 9.17) is 4.74 Å². The number of likely N-dealkylation sites (tertiary alicyclic amines) is 1. The van der Waals surface area contributed by atoms with Gasteiger partial charge in [0.05, 0.1) is 12.0 Å². The third kappa shape index (κ3) is 6.31. The van der Waals surface area contributed by atoms with Gasteiger partial charge >= 0.3 is 12.1 Å². The first kappa shape index (κ1) is 25.4. The van der Waals surface area contributed by atoms with E-state index in [0.29, 0.717) is 23.4 Å².